The summed E-state index contributed by atoms with van der Waals surface area (Å²) in [5.41, 5.74) is 0.990. The molecule has 34 heavy (non-hydrogen) atoms. The molecule has 5 atom stereocenters. The Labute approximate surface area is 202 Å². The molecule has 10 nitrogen and oxygen atoms in total. The fourth-order valence-corrected chi connectivity index (χ4v) is 5.46. The molecule has 0 aromatic heterocycles. The minimum Gasteiger partial charge on any atom is -0.368 e. The van der Waals surface area contributed by atoms with Gasteiger partial charge in [-0.2, -0.15) is 0 Å². The summed E-state index contributed by atoms with van der Waals surface area (Å²) in [5, 5.41) is 0. The van der Waals surface area contributed by atoms with Crippen molar-refractivity contribution in [2.75, 3.05) is 54.3 Å². The van der Waals surface area contributed by atoms with Crippen LogP contribution in [0.1, 0.15) is 25.8 Å². The van der Waals surface area contributed by atoms with Gasteiger partial charge in [0.2, 0.25) is 0 Å². The standard InChI is InChI=1S/C23H39O10P/c1-6-31-34(24,32-7-2)14-13-19-20(28-15-18-11-9-8-10-12-18)21(29-16-25-3)22(30-17-26-4)23(27-5)33-19/h8-12,19-23H,6-7,13-17H2,1-5H3/t19-,20-,21+,22-,23+/m1/s1. The third kappa shape index (κ3) is 8.95. The van der Waals surface area contributed by atoms with Gasteiger partial charge in [0.25, 0.3) is 0 Å². The summed E-state index contributed by atoms with van der Waals surface area (Å²) in [4.78, 5) is 0. The predicted octanol–water partition coefficient (Wildman–Crippen LogP) is 3.58. The van der Waals surface area contributed by atoms with E-state index in [-0.39, 0.29) is 33.0 Å². The number of methoxy groups -OCH3 is 3. The first kappa shape index (κ1) is 29.3. The van der Waals surface area contributed by atoms with Crippen LogP contribution in [0.4, 0.5) is 0 Å². The third-order valence-electron chi connectivity index (χ3n) is 5.20. The normalized spacial score (nSPS) is 25.5. The van der Waals surface area contributed by atoms with E-state index in [4.69, 9.17) is 42.2 Å². The lowest BCUT2D eigenvalue weighted by atomic mass is 9.96. The molecule has 0 radical (unpaired) electrons. The molecule has 1 saturated heterocycles. The van der Waals surface area contributed by atoms with E-state index >= 15 is 0 Å². The van der Waals surface area contributed by atoms with Crippen LogP contribution in [-0.4, -0.2) is 85.0 Å². The molecular formula is C23H39O10P. The first-order chi connectivity index (χ1) is 16.5. The molecule has 1 aliphatic rings. The van der Waals surface area contributed by atoms with Crippen molar-refractivity contribution in [3.05, 3.63) is 35.9 Å². The van der Waals surface area contributed by atoms with Gasteiger partial charge in [-0.05, 0) is 25.8 Å². The van der Waals surface area contributed by atoms with E-state index < -0.39 is 38.3 Å². The molecule has 1 heterocycles. The zero-order valence-corrected chi connectivity index (χ0v) is 21.6. The van der Waals surface area contributed by atoms with Crippen molar-refractivity contribution in [3.63, 3.8) is 0 Å². The fraction of sp³-hybridized carbons (Fsp3) is 0.739. The first-order valence-electron chi connectivity index (χ1n) is 11.4. The topological polar surface area (TPSA) is 100 Å². The van der Waals surface area contributed by atoms with Crippen LogP contribution < -0.4 is 0 Å². The molecule has 196 valence electrons. The maximum Gasteiger partial charge on any atom is 0.330 e. The van der Waals surface area contributed by atoms with Crippen molar-refractivity contribution in [1.82, 2.24) is 0 Å². The maximum atomic E-state index is 13.1. The molecule has 0 bridgehead atoms. The van der Waals surface area contributed by atoms with Crippen molar-refractivity contribution in [2.24, 2.45) is 0 Å². The van der Waals surface area contributed by atoms with E-state index in [2.05, 4.69) is 0 Å². The Morgan fingerprint density at radius 1 is 0.853 bits per heavy atom. The Morgan fingerprint density at radius 3 is 2.03 bits per heavy atom. The van der Waals surface area contributed by atoms with Crippen LogP contribution in [0.3, 0.4) is 0 Å². The van der Waals surface area contributed by atoms with Gasteiger partial charge in [0, 0.05) is 21.3 Å². The molecule has 0 aliphatic carbocycles. The van der Waals surface area contributed by atoms with Crippen molar-refractivity contribution in [2.45, 2.75) is 57.6 Å². The van der Waals surface area contributed by atoms with Gasteiger partial charge in [-0.3, -0.25) is 4.57 Å². The maximum absolute atomic E-state index is 13.1. The van der Waals surface area contributed by atoms with Crippen LogP contribution in [0, 0.1) is 0 Å². The summed E-state index contributed by atoms with van der Waals surface area (Å²) in [6.07, 6.45) is -2.66. The largest absolute Gasteiger partial charge is 0.368 e. The summed E-state index contributed by atoms with van der Waals surface area (Å²) in [5.74, 6) is 0. The van der Waals surface area contributed by atoms with Gasteiger partial charge < -0.3 is 42.2 Å². The summed E-state index contributed by atoms with van der Waals surface area (Å²) in [6.45, 7) is 4.47. The van der Waals surface area contributed by atoms with Crippen LogP contribution in [0.25, 0.3) is 0 Å². The van der Waals surface area contributed by atoms with Gasteiger partial charge >= 0.3 is 7.60 Å². The summed E-state index contributed by atoms with van der Waals surface area (Å²) >= 11 is 0. The van der Waals surface area contributed by atoms with Gasteiger partial charge in [0.1, 0.15) is 31.9 Å². The molecule has 1 fully saturated rings. The second-order valence-corrected chi connectivity index (χ2v) is 9.76. The monoisotopic (exact) mass is 506 g/mol. The van der Waals surface area contributed by atoms with Crippen molar-refractivity contribution in [1.29, 1.82) is 0 Å². The van der Waals surface area contributed by atoms with Crippen molar-refractivity contribution >= 4 is 7.60 Å². The summed E-state index contributed by atoms with van der Waals surface area (Å²) < 4.78 is 64.3. The zero-order chi connectivity index (χ0) is 24.8. The summed E-state index contributed by atoms with van der Waals surface area (Å²) in [7, 11) is 1.31. The molecule has 1 aromatic carbocycles. The first-order valence-corrected chi connectivity index (χ1v) is 13.2. The zero-order valence-electron chi connectivity index (χ0n) is 20.8. The van der Waals surface area contributed by atoms with Crippen molar-refractivity contribution in [3.8, 4) is 0 Å². The summed E-state index contributed by atoms with van der Waals surface area (Å²) in [6, 6.07) is 9.77. The lowest BCUT2D eigenvalue weighted by Gasteiger charge is -2.45. The van der Waals surface area contributed by atoms with Crippen LogP contribution in [0.2, 0.25) is 0 Å². The second kappa shape index (κ2) is 16.0. The Balaban J connectivity index is 2.28. The smallest absolute Gasteiger partial charge is 0.330 e. The average molecular weight is 507 g/mol. The van der Waals surface area contributed by atoms with E-state index in [9.17, 15) is 4.57 Å². The quantitative estimate of drug-likeness (QED) is 0.230. The Kier molecular flexibility index (Phi) is 13.8. The van der Waals surface area contributed by atoms with E-state index in [1.807, 2.05) is 30.3 Å². The van der Waals surface area contributed by atoms with E-state index in [0.29, 0.717) is 13.0 Å². The van der Waals surface area contributed by atoms with Crippen molar-refractivity contribution < 1.29 is 46.8 Å². The SMILES string of the molecule is CCOP(=O)(CC[C@H]1O[C@H](OC)[C@H](OCOC)[C@@H](OCOC)[C@@H]1OCc1ccccc1)OCC. The molecular weight excluding hydrogens is 467 g/mol. The van der Waals surface area contributed by atoms with Crippen LogP contribution in [0.15, 0.2) is 30.3 Å². The predicted molar refractivity (Wildman–Crippen MR) is 125 cm³/mol. The highest BCUT2D eigenvalue weighted by atomic mass is 31.2. The Bertz CT molecular complexity index is 696. The van der Waals surface area contributed by atoms with E-state index in [0.717, 1.165) is 5.56 Å². The second-order valence-electron chi connectivity index (χ2n) is 7.57. The lowest BCUT2D eigenvalue weighted by Crippen LogP contribution is -2.61. The Hall–Kier alpha value is -0.910. The molecule has 0 amide bonds. The Morgan fingerprint density at radius 2 is 1.47 bits per heavy atom. The number of rotatable bonds is 17. The molecule has 0 spiro atoms. The minimum atomic E-state index is -3.28. The molecule has 1 aromatic rings. The van der Waals surface area contributed by atoms with E-state index in [1.165, 1.54) is 21.3 Å². The van der Waals surface area contributed by atoms with Gasteiger partial charge in [-0.1, -0.05) is 30.3 Å². The minimum absolute atomic E-state index is 0.0146. The number of hydrogen-bond acceptors (Lipinski definition) is 10. The highest BCUT2D eigenvalue weighted by molar-refractivity contribution is 7.53. The molecule has 2 rings (SSSR count). The average Bonchev–Trinajstić information content (AvgIpc) is 2.84. The highest BCUT2D eigenvalue weighted by Gasteiger charge is 2.49. The number of ether oxygens (including phenoxy) is 7. The van der Waals surface area contributed by atoms with Crippen LogP contribution >= 0.6 is 7.60 Å². The molecule has 1 aliphatic heterocycles. The third-order valence-corrected chi connectivity index (χ3v) is 7.31. The van der Waals surface area contributed by atoms with Gasteiger partial charge in [0.05, 0.1) is 32.1 Å². The van der Waals surface area contributed by atoms with Gasteiger partial charge in [0.15, 0.2) is 6.29 Å². The van der Waals surface area contributed by atoms with Crippen LogP contribution in [-0.2, 0) is 53.4 Å². The number of benzene rings is 1. The number of hydrogen-bond donors (Lipinski definition) is 0. The van der Waals surface area contributed by atoms with Gasteiger partial charge in [-0.15, -0.1) is 0 Å². The van der Waals surface area contributed by atoms with E-state index in [1.54, 1.807) is 13.8 Å². The molecule has 0 unspecified atom stereocenters. The molecule has 11 heteroatoms. The van der Waals surface area contributed by atoms with Gasteiger partial charge in [-0.25, -0.2) is 0 Å². The fourth-order valence-electron chi connectivity index (χ4n) is 3.77. The highest BCUT2D eigenvalue weighted by Crippen LogP contribution is 2.49. The van der Waals surface area contributed by atoms with Crippen LogP contribution in [0.5, 0.6) is 0 Å². The molecule has 0 saturated carbocycles. The molecule has 0 N–H and O–H groups in total. The lowest BCUT2D eigenvalue weighted by molar-refractivity contribution is -0.329.